The van der Waals surface area contributed by atoms with Crippen molar-refractivity contribution in [3.05, 3.63) is 0 Å². The second-order valence-electron chi connectivity index (χ2n) is 5.51. The minimum Gasteiger partial charge on any atom is -0.481 e. The molecule has 1 rings (SSSR count). The fourth-order valence-corrected chi connectivity index (χ4v) is 2.32. The van der Waals surface area contributed by atoms with Crippen LogP contribution in [0.3, 0.4) is 0 Å². The topological polar surface area (TPSA) is 69.6 Å². The Kier molecular flexibility index (Phi) is 5.14. The number of carboxylic acid groups (broad SMARTS) is 1. The Morgan fingerprint density at radius 1 is 1.56 bits per heavy atom. The van der Waals surface area contributed by atoms with Gasteiger partial charge in [-0.2, -0.15) is 0 Å². The lowest BCUT2D eigenvalue weighted by Crippen LogP contribution is -2.51. The van der Waals surface area contributed by atoms with Gasteiger partial charge in [0, 0.05) is 12.1 Å². The van der Waals surface area contributed by atoms with Gasteiger partial charge in [0.05, 0.1) is 12.5 Å². The Hall–Kier alpha value is -1.10. The highest BCUT2D eigenvalue weighted by Crippen LogP contribution is 2.23. The van der Waals surface area contributed by atoms with Gasteiger partial charge in [-0.1, -0.05) is 13.3 Å². The molecule has 1 aliphatic heterocycles. The van der Waals surface area contributed by atoms with Crippen LogP contribution in [0.5, 0.6) is 0 Å². The molecule has 18 heavy (non-hydrogen) atoms. The number of nitrogens with one attached hydrogen (secondary N) is 1. The van der Waals surface area contributed by atoms with Gasteiger partial charge in [-0.3, -0.25) is 9.59 Å². The smallest absolute Gasteiger partial charge is 0.305 e. The summed E-state index contributed by atoms with van der Waals surface area (Å²) in [6.07, 6.45) is 2.68. The van der Waals surface area contributed by atoms with E-state index in [9.17, 15) is 9.59 Å². The molecule has 1 aliphatic rings. The van der Waals surface area contributed by atoms with Crippen LogP contribution in [-0.4, -0.2) is 46.6 Å². The van der Waals surface area contributed by atoms with Crippen molar-refractivity contribution in [2.45, 2.75) is 58.0 Å². The van der Waals surface area contributed by atoms with E-state index in [1.165, 1.54) is 0 Å². The van der Waals surface area contributed by atoms with Crippen molar-refractivity contribution in [1.82, 2.24) is 10.2 Å². The summed E-state index contributed by atoms with van der Waals surface area (Å²) in [5.41, 5.74) is -0.202. The molecule has 0 bridgehead atoms. The molecular weight excluding hydrogens is 232 g/mol. The lowest BCUT2D eigenvalue weighted by Gasteiger charge is -2.38. The van der Waals surface area contributed by atoms with Gasteiger partial charge in [0.25, 0.3) is 0 Å². The van der Waals surface area contributed by atoms with E-state index in [1.807, 2.05) is 18.7 Å². The van der Waals surface area contributed by atoms with Gasteiger partial charge >= 0.3 is 5.97 Å². The Morgan fingerprint density at radius 3 is 2.78 bits per heavy atom. The maximum absolute atomic E-state index is 12.4. The molecule has 2 N–H and O–H groups in total. The average Bonchev–Trinajstić information content (AvgIpc) is 2.35. The maximum Gasteiger partial charge on any atom is 0.305 e. The van der Waals surface area contributed by atoms with E-state index in [-0.39, 0.29) is 17.9 Å². The summed E-state index contributed by atoms with van der Waals surface area (Å²) in [4.78, 5) is 25.1. The highest BCUT2D eigenvalue weighted by atomic mass is 16.4. The third-order valence-electron chi connectivity index (χ3n) is 3.54. The summed E-state index contributed by atoms with van der Waals surface area (Å²) >= 11 is 0. The number of carbonyl (C=O) groups is 2. The third kappa shape index (κ3) is 3.70. The highest BCUT2D eigenvalue weighted by molar-refractivity contribution is 5.87. The van der Waals surface area contributed by atoms with Crippen LogP contribution in [0, 0.1) is 0 Å². The van der Waals surface area contributed by atoms with E-state index in [0.717, 1.165) is 19.3 Å². The molecule has 0 aliphatic carbocycles. The van der Waals surface area contributed by atoms with Crippen molar-refractivity contribution in [3.63, 3.8) is 0 Å². The van der Waals surface area contributed by atoms with Crippen LogP contribution in [0.2, 0.25) is 0 Å². The summed E-state index contributed by atoms with van der Waals surface area (Å²) in [6.45, 7) is 7.57. The predicted molar refractivity (Wildman–Crippen MR) is 69.4 cm³/mol. The maximum atomic E-state index is 12.4. The zero-order valence-electron chi connectivity index (χ0n) is 11.5. The summed E-state index contributed by atoms with van der Waals surface area (Å²) in [7, 11) is 0. The fraction of sp³-hybridized carbons (Fsp3) is 0.846. The lowest BCUT2D eigenvalue weighted by molar-refractivity contribution is -0.144. The first-order valence-corrected chi connectivity index (χ1v) is 6.65. The molecule has 104 valence electrons. The molecule has 1 heterocycles. The van der Waals surface area contributed by atoms with Gasteiger partial charge in [-0.15, -0.1) is 0 Å². The van der Waals surface area contributed by atoms with Crippen molar-refractivity contribution >= 4 is 11.9 Å². The number of amides is 1. The number of aliphatic carboxylic acids is 1. The minimum atomic E-state index is -0.934. The molecule has 5 nitrogen and oxygen atoms in total. The largest absolute Gasteiger partial charge is 0.481 e. The Labute approximate surface area is 109 Å². The number of unbranched alkanes of at least 4 members (excludes halogenated alkanes) is 1. The molecule has 1 fully saturated rings. The van der Waals surface area contributed by atoms with Gasteiger partial charge < -0.3 is 15.3 Å². The molecule has 1 unspecified atom stereocenters. The van der Waals surface area contributed by atoms with E-state index >= 15 is 0 Å². The van der Waals surface area contributed by atoms with E-state index in [2.05, 4.69) is 12.2 Å². The lowest BCUT2D eigenvalue weighted by atomic mass is 9.97. The Morgan fingerprint density at radius 2 is 2.22 bits per heavy atom. The Bertz CT molecular complexity index is 315. The van der Waals surface area contributed by atoms with Crippen LogP contribution in [-0.2, 0) is 9.59 Å². The molecule has 1 atom stereocenters. The second-order valence-corrected chi connectivity index (χ2v) is 5.51. The summed E-state index contributed by atoms with van der Waals surface area (Å²) < 4.78 is 0. The molecule has 0 aromatic carbocycles. The van der Waals surface area contributed by atoms with E-state index in [0.29, 0.717) is 13.1 Å². The summed E-state index contributed by atoms with van der Waals surface area (Å²) in [5, 5.41) is 11.9. The van der Waals surface area contributed by atoms with Gasteiger partial charge in [0.15, 0.2) is 0 Å². The van der Waals surface area contributed by atoms with Crippen LogP contribution >= 0.6 is 0 Å². The zero-order valence-corrected chi connectivity index (χ0v) is 11.5. The molecule has 0 saturated carbocycles. The summed E-state index contributed by atoms with van der Waals surface area (Å²) in [5.74, 6) is -1.01. The molecule has 0 aromatic rings. The van der Waals surface area contributed by atoms with E-state index < -0.39 is 12.0 Å². The first-order chi connectivity index (χ1) is 8.38. The number of hydrogen-bond donors (Lipinski definition) is 2. The van der Waals surface area contributed by atoms with Crippen LogP contribution in [0.25, 0.3) is 0 Å². The first-order valence-electron chi connectivity index (χ1n) is 6.65. The van der Waals surface area contributed by atoms with Gasteiger partial charge in [0.2, 0.25) is 5.91 Å². The molecule has 5 heteroatoms. The predicted octanol–water partition coefficient (Wildman–Crippen LogP) is 1.23. The van der Waals surface area contributed by atoms with Gasteiger partial charge in [0.1, 0.15) is 0 Å². The first kappa shape index (κ1) is 15.0. The second kappa shape index (κ2) is 6.18. The fourth-order valence-electron chi connectivity index (χ4n) is 2.32. The molecule has 1 amide bonds. The normalized spacial score (nSPS) is 23.8. The quantitative estimate of drug-likeness (QED) is 0.776. The Balaban J connectivity index is 2.83. The third-order valence-corrected chi connectivity index (χ3v) is 3.54. The molecule has 0 aromatic heterocycles. The van der Waals surface area contributed by atoms with Crippen LogP contribution in [0.4, 0.5) is 0 Å². The molecule has 1 saturated heterocycles. The minimum absolute atomic E-state index is 0.0756. The molecule has 0 spiro atoms. The number of hydrogen-bond acceptors (Lipinski definition) is 3. The van der Waals surface area contributed by atoms with Crippen LogP contribution in [0.15, 0.2) is 0 Å². The van der Waals surface area contributed by atoms with Crippen molar-refractivity contribution in [2.24, 2.45) is 0 Å². The monoisotopic (exact) mass is 256 g/mol. The van der Waals surface area contributed by atoms with Gasteiger partial charge in [-0.25, -0.2) is 0 Å². The number of carbonyl (C=O) groups excluding carboxylic acids is 1. The average molecular weight is 256 g/mol. The van der Waals surface area contributed by atoms with Crippen molar-refractivity contribution in [2.75, 3.05) is 13.1 Å². The van der Waals surface area contributed by atoms with Crippen molar-refractivity contribution < 1.29 is 14.7 Å². The van der Waals surface area contributed by atoms with Gasteiger partial charge in [-0.05, 0) is 33.2 Å². The number of nitrogens with zero attached hydrogens (tertiary/aromatic N) is 1. The van der Waals surface area contributed by atoms with Crippen molar-refractivity contribution in [3.8, 4) is 0 Å². The number of carboxylic acids is 1. The van der Waals surface area contributed by atoms with Crippen LogP contribution in [0.1, 0.15) is 46.5 Å². The van der Waals surface area contributed by atoms with Crippen LogP contribution < -0.4 is 5.32 Å². The zero-order chi connectivity index (χ0) is 13.8. The highest BCUT2D eigenvalue weighted by Gasteiger charge is 2.37. The van der Waals surface area contributed by atoms with E-state index in [1.54, 1.807) is 0 Å². The van der Waals surface area contributed by atoms with E-state index in [4.69, 9.17) is 5.11 Å². The van der Waals surface area contributed by atoms with Crippen molar-refractivity contribution in [1.29, 1.82) is 0 Å². The number of rotatable bonds is 5. The standard InChI is InChI=1S/C13H24N2O3/c1-4-5-8-15-12(18)10(9-11(16)17)14-7-6-13(15,2)3/h10,14H,4-9H2,1-3H3,(H,16,17). The molecule has 0 radical (unpaired) electrons. The molecular formula is C13H24N2O3. The SMILES string of the molecule is CCCCN1C(=O)C(CC(=O)O)NCCC1(C)C. The summed E-state index contributed by atoms with van der Waals surface area (Å²) in [6, 6.07) is -0.582.